The predicted molar refractivity (Wildman–Crippen MR) is 63.5 cm³/mol. The number of hydrogen-bond donors (Lipinski definition) is 1. The minimum Gasteiger partial charge on any atom is -0.490 e. The molecular formula is C13H19NO2. The molecule has 0 spiro atoms. The van der Waals surface area contributed by atoms with Crippen LogP contribution in [0.2, 0.25) is 0 Å². The van der Waals surface area contributed by atoms with Crippen molar-refractivity contribution in [2.24, 2.45) is 5.73 Å². The molecule has 1 fully saturated rings. The van der Waals surface area contributed by atoms with Gasteiger partial charge in [0, 0.05) is 18.9 Å². The van der Waals surface area contributed by atoms with Crippen molar-refractivity contribution >= 4 is 0 Å². The quantitative estimate of drug-likeness (QED) is 0.851. The van der Waals surface area contributed by atoms with Crippen LogP contribution < -0.4 is 10.5 Å². The molecule has 0 saturated carbocycles. The lowest BCUT2D eigenvalue weighted by atomic mass is 10.1. The highest BCUT2D eigenvalue weighted by Crippen LogP contribution is 2.21. The van der Waals surface area contributed by atoms with E-state index in [0.29, 0.717) is 0 Å². The first kappa shape index (κ1) is 11.4. The first-order valence-corrected chi connectivity index (χ1v) is 5.85. The SMILES string of the molecule is C[C@@H](N)c1cccc(OC2CCOCC2)c1. The van der Waals surface area contributed by atoms with Crippen molar-refractivity contribution in [1.29, 1.82) is 0 Å². The summed E-state index contributed by atoms with van der Waals surface area (Å²) in [6.45, 7) is 3.59. The fourth-order valence-electron chi connectivity index (χ4n) is 1.86. The zero-order valence-corrected chi connectivity index (χ0v) is 9.69. The lowest BCUT2D eigenvalue weighted by Crippen LogP contribution is -2.25. The van der Waals surface area contributed by atoms with E-state index >= 15 is 0 Å². The lowest BCUT2D eigenvalue weighted by molar-refractivity contribution is 0.0255. The van der Waals surface area contributed by atoms with Crippen molar-refractivity contribution in [1.82, 2.24) is 0 Å². The fraction of sp³-hybridized carbons (Fsp3) is 0.538. The summed E-state index contributed by atoms with van der Waals surface area (Å²) in [6, 6.07) is 8.09. The summed E-state index contributed by atoms with van der Waals surface area (Å²) in [7, 11) is 0. The molecule has 0 unspecified atom stereocenters. The predicted octanol–water partition coefficient (Wildman–Crippen LogP) is 2.26. The van der Waals surface area contributed by atoms with E-state index in [4.69, 9.17) is 15.2 Å². The number of hydrogen-bond acceptors (Lipinski definition) is 3. The highest BCUT2D eigenvalue weighted by Gasteiger charge is 2.15. The minimum absolute atomic E-state index is 0.0539. The van der Waals surface area contributed by atoms with Gasteiger partial charge in [0.1, 0.15) is 11.9 Å². The van der Waals surface area contributed by atoms with Crippen LogP contribution in [-0.2, 0) is 4.74 Å². The van der Waals surface area contributed by atoms with Crippen LogP contribution in [0.1, 0.15) is 31.4 Å². The van der Waals surface area contributed by atoms with Crippen molar-refractivity contribution in [3.63, 3.8) is 0 Å². The van der Waals surface area contributed by atoms with Crippen LogP contribution in [0.25, 0.3) is 0 Å². The lowest BCUT2D eigenvalue weighted by Gasteiger charge is -2.23. The Hall–Kier alpha value is -1.06. The van der Waals surface area contributed by atoms with Gasteiger partial charge in [0.25, 0.3) is 0 Å². The molecule has 2 N–H and O–H groups in total. The van der Waals surface area contributed by atoms with Gasteiger partial charge >= 0.3 is 0 Å². The Kier molecular flexibility index (Phi) is 3.80. The Labute approximate surface area is 96.5 Å². The Morgan fingerprint density at radius 3 is 2.81 bits per heavy atom. The molecule has 1 aliphatic heterocycles. The number of ether oxygens (including phenoxy) is 2. The molecule has 0 aliphatic carbocycles. The van der Waals surface area contributed by atoms with E-state index in [9.17, 15) is 0 Å². The van der Waals surface area contributed by atoms with Gasteiger partial charge in [-0.05, 0) is 24.6 Å². The first-order chi connectivity index (χ1) is 7.75. The smallest absolute Gasteiger partial charge is 0.120 e. The number of nitrogens with two attached hydrogens (primary N) is 1. The molecule has 1 saturated heterocycles. The fourth-order valence-corrected chi connectivity index (χ4v) is 1.86. The number of benzene rings is 1. The first-order valence-electron chi connectivity index (χ1n) is 5.85. The van der Waals surface area contributed by atoms with Crippen molar-refractivity contribution < 1.29 is 9.47 Å². The largest absolute Gasteiger partial charge is 0.490 e. The van der Waals surface area contributed by atoms with Gasteiger partial charge in [0.05, 0.1) is 13.2 Å². The molecule has 1 aliphatic rings. The summed E-state index contributed by atoms with van der Waals surface area (Å²) in [5, 5.41) is 0. The van der Waals surface area contributed by atoms with Crippen LogP contribution in [0.5, 0.6) is 5.75 Å². The van der Waals surface area contributed by atoms with E-state index < -0.39 is 0 Å². The third-order valence-electron chi connectivity index (χ3n) is 2.85. The maximum atomic E-state index is 5.91. The highest BCUT2D eigenvalue weighted by molar-refractivity contribution is 5.30. The summed E-state index contributed by atoms with van der Waals surface area (Å²) >= 11 is 0. The molecule has 3 nitrogen and oxygen atoms in total. The molecule has 2 rings (SSSR count). The van der Waals surface area contributed by atoms with E-state index in [1.807, 2.05) is 31.2 Å². The normalized spacial score (nSPS) is 19.4. The van der Waals surface area contributed by atoms with Crippen molar-refractivity contribution in [3.8, 4) is 5.75 Å². The maximum absolute atomic E-state index is 5.91. The van der Waals surface area contributed by atoms with E-state index in [2.05, 4.69) is 0 Å². The molecular weight excluding hydrogens is 202 g/mol. The van der Waals surface area contributed by atoms with Gasteiger partial charge < -0.3 is 15.2 Å². The van der Waals surface area contributed by atoms with Crippen molar-refractivity contribution in [2.75, 3.05) is 13.2 Å². The van der Waals surface area contributed by atoms with Crippen LogP contribution in [0.15, 0.2) is 24.3 Å². The summed E-state index contributed by atoms with van der Waals surface area (Å²) in [6.07, 6.45) is 2.24. The molecule has 1 atom stereocenters. The van der Waals surface area contributed by atoms with Crippen LogP contribution in [0.4, 0.5) is 0 Å². The standard InChI is InChI=1S/C13H19NO2/c1-10(14)11-3-2-4-13(9-11)16-12-5-7-15-8-6-12/h2-4,9-10,12H,5-8,14H2,1H3/t10-/m1/s1. The van der Waals surface area contributed by atoms with Crippen LogP contribution in [0, 0.1) is 0 Å². The maximum Gasteiger partial charge on any atom is 0.120 e. The Morgan fingerprint density at radius 1 is 1.38 bits per heavy atom. The molecule has 1 heterocycles. The molecule has 0 aromatic heterocycles. The molecule has 0 radical (unpaired) electrons. The summed E-state index contributed by atoms with van der Waals surface area (Å²) < 4.78 is 11.2. The third-order valence-corrected chi connectivity index (χ3v) is 2.85. The Bertz CT molecular complexity index is 332. The molecule has 0 bridgehead atoms. The van der Waals surface area contributed by atoms with Gasteiger partial charge in [-0.3, -0.25) is 0 Å². The van der Waals surface area contributed by atoms with Crippen LogP contribution >= 0.6 is 0 Å². The minimum atomic E-state index is 0.0539. The Balaban J connectivity index is 2.00. The highest BCUT2D eigenvalue weighted by atomic mass is 16.5. The average Bonchev–Trinajstić information content (AvgIpc) is 2.30. The van der Waals surface area contributed by atoms with E-state index in [0.717, 1.165) is 37.4 Å². The van der Waals surface area contributed by atoms with Crippen LogP contribution in [0.3, 0.4) is 0 Å². The van der Waals surface area contributed by atoms with Gasteiger partial charge in [0.2, 0.25) is 0 Å². The van der Waals surface area contributed by atoms with Crippen LogP contribution in [-0.4, -0.2) is 19.3 Å². The summed E-state index contributed by atoms with van der Waals surface area (Å²) in [5.74, 6) is 0.918. The average molecular weight is 221 g/mol. The van der Waals surface area contributed by atoms with Crippen molar-refractivity contribution in [2.45, 2.75) is 31.9 Å². The molecule has 3 heteroatoms. The molecule has 1 aromatic carbocycles. The van der Waals surface area contributed by atoms with Gasteiger partial charge in [-0.25, -0.2) is 0 Å². The second-order valence-electron chi connectivity index (χ2n) is 4.29. The van der Waals surface area contributed by atoms with Crippen molar-refractivity contribution in [3.05, 3.63) is 29.8 Å². The summed E-state index contributed by atoms with van der Waals surface area (Å²) in [4.78, 5) is 0. The summed E-state index contributed by atoms with van der Waals surface area (Å²) in [5.41, 5.74) is 6.96. The molecule has 16 heavy (non-hydrogen) atoms. The third kappa shape index (κ3) is 2.97. The van der Waals surface area contributed by atoms with Gasteiger partial charge in [0.15, 0.2) is 0 Å². The van der Waals surface area contributed by atoms with Gasteiger partial charge in [-0.1, -0.05) is 12.1 Å². The monoisotopic (exact) mass is 221 g/mol. The van der Waals surface area contributed by atoms with Gasteiger partial charge in [-0.2, -0.15) is 0 Å². The van der Waals surface area contributed by atoms with E-state index in [-0.39, 0.29) is 12.1 Å². The Morgan fingerprint density at radius 2 is 2.12 bits per heavy atom. The second kappa shape index (κ2) is 5.32. The molecule has 1 aromatic rings. The molecule has 0 amide bonds. The second-order valence-corrected chi connectivity index (χ2v) is 4.29. The zero-order valence-electron chi connectivity index (χ0n) is 9.69. The van der Waals surface area contributed by atoms with E-state index in [1.54, 1.807) is 0 Å². The van der Waals surface area contributed by atoms with E-state index in [1.165, 1.54) is 0 Å². The topological polar surface area (TPSA) is 44.5 Å². The van der Waals surface area contributed by atoms with Gasteiger partial charge in [-0.15, -0.1) is 0 Å². The molecule has 88 valence electrons. The zero-order chi connectivity index (χ0) is 11.4. The number of rotatable bonds is 3.